The average Bonchev–Trinajstić information content (AvgIpc) is 1.98. The van der Waals surface area contributed by atoms with Crippen molar-refractivity contribution in [3.63, 3.8) is 0 Å². The van der Waals surface area contributed by atoms with Gasteiger partial charge in [-0.3, -0.25) is 0 Å². The number of nitrogens with two attached hydrogens (primary N) is 1. The molecule has 1 aliphatic rings. The zero-order chi connectivity index (χ0) is 10.3. The largest absolute Gasteiger partial charge is 0.308 e. The van der Waals surface area contributed by atoms with E-state index in [1.807, 2.05) is 6.92 Å². The van der Waals surface area contributed by atoms with Gasteiger partial charge < -0.3 is 11.1 Å². The van der Waals surface area contributed by atoms with Crippen LogP contribution in [0, 0.1) is 28.1 Å². The van der Waals surface area contributed by atoms with E-state index in [-0.39, 0.29) is 11.3 Å². The summed E-state index contributed by atoms with van der Waals surface area (Å²) in [5, 5.41) is 16.7. The summed E-state index contributed by atoms with van der Waals surface area (Å²) >= 11 is 0. The van der Waals surface area contributed by atoms with Gasteiger partial charge >= 0.3 is 0 Å². The second-order valence-electron chi connectivity index (χ2n) is 4.91. The Bertz CT molecular complexity index is 274. The van der Waals surface area contributed by atoms with Crippen LogP contribution in [0.1, 0.15) is 33.6 Å². The van der Waals surface area contributed by atoms with E-state index in [0.717, 1.165) is 6.42 Å². The molecule has 0 saturated heterocycles. The monoisotopic (exact) mass is 179 g/mol. The van der Waals surface area contributed by atoms with Crippen LogP contribution in [0.4, 0.5) is 0 Å². The van der Waals surface area contributed by atoms with Crippen LogP contribution < -0.4 is 5.73 Å². The third-order valence-electron chi connectivity index (χ3n) is 2.98. The molecule has 13 heavy (non-hydrogen) atoms. The Kier molecular flexibility index (Phi) is 2.21. The first-order chi connectivity index (χ1) is 5.82. The molecule has 0 bridgehead atoms. The minimum atomic E-state index is -1.02. The molecular weight excluding hydrogens is 162 g/mol. The summed E-state index contributed by atoms with van der Waals surface area (Å²) in [7, 11) is 0. The Morgan fingerprint density at radius 1 is 1.62 bits per heavy atom. The number of hydrogen-bond acceptors (Lipinski definition) is 3. The lowest BCUT2D eigenvalue weighted by atomic mass is 9.63. The predicted octanol–water partition coefficient (Wildman–Crippen LogP) is 1.68. The molecule has 2 atom stereocenters. The molecule has 0 radical (unpaired) electrons. The third kappa shape index (κ3) is 1.59. The van der Waals surface area contributed by atoms with Crippen molar-refractivity contribution in [2.45, 2.75) is 39.2 Å². The van der Waals surface area contributed by atoms with E-state index in [2.05, 4.69) is 19.9 Å². The molecule has 0 aromatic carbocycles. The molecule has 2 unspecified atom stereocenters. The summed E-state index contributed by atoms with van der Waals surface area (Å²) in [6, 6.07) is 2.07. The minimum Gasteiger partial charge on any atom is -0.308 e. The fourth-order valence-electron chi connectivity index (χ4n) is 2.16. The molecule has 3 nitrogen and oxygen atoms in total. The van der Waals surface area contributed by atoms with Crippen molar-refractivity contribution in [3.05, 3.63) is 0 Å². The van der Waals surface area contributed by atoms with Gasteiger partial charge in [-0.2, -0.15) is 5.26 Å². The number of nitrogens with one attached hydrogen (secondary N) is 1. The van der Waals surface area contributed by atoms with Gasteiger partial charge in [0.2, 0.25) is 0 Å². The summed E-state index contributed by atoms with van der Waals surface area (Å²) in [5.41, 5.74) is 5.37. The maximum Gasteiger partial charge on any atom is 0.144 e. The molecule has 3 heteroatoms. The topological polar surface area (TPSA) is 73.7 Å². The number of nitrogens with zero attached hydrogens (tertiary/aromatic N) is 1. The Hall–Kier alpha value is -0.880. The van der Waals surface area contributed by atoms with Crippen LogP contribution in [0.3, 0.4) is 0 Å². The van der Waals surface area contributed by atoms with Gasteiger partial charge in [-0.25, -0.2) is 0 Å². The number of nitriles is 1. The van der Waals surface area contributed by atoms with Gasteiger partial charge in [-0.05, 0) is 24.2 Å². The first-order valence-electron chi connectivity index (χ1n) is 4.60. The highest BCUT2D eigenvalue weighted by atomic mass is 14.8. The molecule has 0 aromatic rings. The molecule has 0 aromatic heterocycles. The molecule has 3 N–H and O–H groups in total. The molecule has 1 aliphatic carbocycles. The van der Waals surface area contributed by atoms with Gasteiger partial charge in [0.1, 0.15) is 5.54 Å². The minimum absolute atomic E-state index is 0.0775. The van der Waals surface area contributed by atoms with Crippen LogP contribution >= 0.6 is 0 Å². The van der Waals surface area contributed by atoms with Crippen molar-refractivity contribution in [3.8, 4) is 6.07 Å². The van der Waals surface area contributed by atoms with Crippen molar-refractivity contribution < 1.29 is 0 Å². The standard InChI is InChI=1S/C10H17N3/c1-7-4-9(2,3)5-8(12)10(7,13)6-11/h7,12H,4-5,13H2,1-3H3. The molecule has 0 aliphatic heterocycles. The third-order valence-corrected chi connectivity index (χ3v) is 2.98. The fraction of sp³-hybridized carbons (Fsp3) is 0.800. The summed E-state index contributed by atoms with van der Waals surface area (Å²) in [6.07, 6.45) is 1.56. The summed E-state index contributed by atoms with van der Waals surface area (Å²) in [5.74, 6) is 0.0775. The lowest BCUT2D eigenvalue weighted by molar-refractivity contribution is 0.224. The highest BCUT2D eigenvalue weighted by molar-refractivity contribution is 5.95. The van der Waals surface area contributed by atoms with E-state index < -0.39 is 5.54 Å². The van der Waals surface area contributed by atoms with Gasteiger partial charge in [0, 0.05) is 5.71 Å². The van der Waals surface area contributed by atoms with Crippen LogP contribution in [-0.4, -0.2) is 11.3 Å². The molecule has 0 amide bonds. The molecular formula is C10H17N3. The van der Waals surface area contributed by atoms with E-state index in [9.17, 15) is 0 Å². The SMILES string of the molecule is CC1CC(C)(C)CC(=N)C1(N)C#N. The molecule has 0 spiro atoms. The smallest absolute Gasteiger partial charge is 0.144 e. The number of rotatable bonds is 0. The highest BCUT2D eigenvalue weighted by Crippen LogP contribution is 2.40. The lowest BCUT2D eigenvalue weighted by Gasteiger charge is -2.42. The fourth-order valence-corrected chi connectivity index (χ4v) is 2.16. The zero-order valence-corrected chi connectivity index (χ0v) is 8.52. The Morgan fingerprint density at radius 2 is 2.15 bits per heavy atom. The summed E-state index contributed by atoms with van der Waals surface area (Å²) in [6.45, 7) is 6.20. The molecule has 1 saturated carbocycles. The van der Waals surface area contributed by atoms with Gasteiger partial charge in [0.25, 0.3) is 0 Å². The van der Waals surface area contributed by atoms with Crippen LogP contribution in [0.25, 0.3) is 0 Å². The van der Waals surface area contributed by atoms with Gasteiger partial charge in [0.15, 0.2) is 0 Å². The predicted molar refractivity (Wildman–Crippen MR) is 52.4 cm³/mol. The lowest BCUT2D eigenvalue weighted by Crippen LogP contribution is -2.57. The van der Waals surface area contributed by atoms with Crippen molar-refractivity contribution in [2.75, 3.05) is 0 Å². The van der Waals surface area contributed by atoms with Crippen LogP contribution in [-0.2, 0) is 0 Å². The zero-order valence-electron chi connectivity index (χ0n) is 8.52. The van der Waals surface area contributed by atoms with E-state index >= 15 is 0 Å². The Labute approximate surface area is 79.4 Å². The maximum absolute atomic E-state index is 8.95. The van der Waals surface area contributed by atoms with Crippen molar-refractivity contribution in [2.24, 2.45) is 17.1 Å². The van der Waals surface area contributed by atoms with Gasteiger partial charge in [0.05, 0.1) is 6.07 Å². The molecule has 0 heterocycles. The van der Waals surface area contributed by atoms with Gasteiger partial charge in [-0.1, -0.05) is 20.8 Å². The van der Waals surface area contributed by atoms with E-state index in [1.54, 1.807) is 0 Å². The van der Waals surface area contributed by atoms with E-state index in [0.29, 0.717) is 12.1 Å². The Balaban J connectivity index is 2.97. The Morgan fingerprint density at radius 3 is 2.54 bits per heavy atom. The second kappa shape index (κ2) is 2.81. The average molecular weight is 179 g/mol. The maximum atomic E-state index is 8.95. The first-order valence-corrected chi connectivity index (χ1v) is 4.60. The van der Waals surface area contributed by atoms with Crippen molar-refractivity contribution in [1.29, 1.82) is 10.7 Å². The molecule has 1 rings (SSSR count). The summed E-state index contributed by atoms with van der Waals surface area (Å²) in [4.78, 5) is 0. The van der Waals surface area contributed by atoms with Crippen molar-refractivity contribution in [1.82, 2.24) is 0 Å². The van der Waals surface area contributed by atoms with E-state index in [1.165, 1.54) is 0 Å². The first kappa shape index (κ1) is 10.2. The van der Waals surface area contributed by atoms with Crippen LogP contribution in [0.2, 0.25) is 0 Å². The summed E-state index contributed by atoms with van der Waals surface area (Å²) < 4.78 is 0. The number of hydrogen-bond donors (Lipinski definition) is 2. The quantitative estimate of drug-likeness (QED) is 0.593. The van der Waals surface area contributed by atoms with Crippen LogP contribution in [0.15, 0.2) is 0 Å². The second-order valence-corrected chi connectivity index (χ2v) is 4.91. The normalized spacial score (nSPS) is 38.4. The molecule has 1 fully saturated rings. The van der Waals surface area contributed by atoms with Gasteiger partial charge in [-0.15, -0.1) is 0 Å². The van der Waals surface area contributed by atoms with Crippen LogP contribution in [0.5, 0.6) is 0 Å². The molecule has 72 valence electrons. The highest BCUT2D eigenvalue weighted by Gasteiger charge is 2.45. The van der Waals surface area contributed by atoms with E-state index in [4.69, 9.17) is 16.4 Å². The van der Waals surface area contributed by atoms with Crippen molar-refractivity contribution >= 4 is 5.71 Å².